The molecular formula is C25H20F4N7O2. The van der Waals surface area contributed by atoms with Gasteiger partial charge in [-0.25, -0.2) is 23.7 Å². The maximum absolute atomic E-state index is 14.0. The first-order valence-electron chi connectivity index (χ1n) is 11.3. The molecule has 0 fully saturated rings. The zero-order valence-electron chi connectivity index (χ0n) is 19.6. The number of nitrogens with two attached hydrogens (primary N) is 1. The van der Waals surface area contributed by atoms with E-state index >= 15 is 0 Å². The lowest BCUT2D eigenvalue weighted by Crippen LogP contribution is -2.20. The molecule has 195 valence electrons. The van der Waals surface area contributed by atoms with Crippen molar-refractivity contribution in [1.82, 2.24) is 14.6 Å². The highest BCUT2D eigenvalue weighted by Gasteiger charge is 2.31. The number of carbonyl (C=O) groups excluding carboxylic acids is 1. The smallest absolute Gasteiger partial charge is 0.416 e. The molecule has 4 aromatic rings. The summed E-state index contributed by atoms with van der Waals surface area (Å²) in [5, 5.41) is 8.80. The van der Waals surface area contributed by atoms with E-state index in [0.29, 0.717) is 65.0 Å². The Balaban J connectivity index is 1.41. The van der Waals surface area contributed by atoms with E-state index in [4.69, 9.17) is 10.5 Å². The van der Waals surface area contributed by atoms with E-state index in [2.05, 4.69) is 32.6 Å². The van der Waals surface area contributed by atoms with Crippen molar-refractivity contribution >= 4 is 34.6 Å². The molecule has 2 aromatic heterocycles. The molecule has 0 aliphatic carbocycles. The number of rotatable bonds is 5. The van der Waals surface area contributed by atoms with Gasteiger partial charge >= 0.3 is 12.2 Å². The van der Waals surface area contributed by atoms with Gasteiger partial charge in [-0.2, -0.15) is 18.3 Å². The SMILES string of the molecule is [CH2]CC1COC(c2cn3ncnc(N)c3c2-c2ccc(NC(=O)Nc3cc(C(F)(F)F)ccc3F)cc2)=N1. The highest BCUT2D eigenvalue weighted by Crippen LogP contribution is 2.35. The summed E-state index contributed by atoms with van der Waals surface area (Å²) >= 11 is 0. The first-order valence-corrected chi connectivity index (χ1v) is 11.3. The van der Waals surface area contributed by atoms with Gasteiger partial charge in [0.2, 0.25) is 5.90 Å². The summed E-state index contributed by atoms with van der Waals surface area (Å²) in [4.78, 5) is 21.0. The molecule has 13 heteroatoms. The van der Waals surface area contributed by atoms with Crippen molar-refractivity contribution in [3.05, 3.63) is 78.9 Å². The van der Waals surface area contributed by atoms with Crippen LogP contribution in [0.2, 0.25) is 0 Å². The summed E-state index contributed by atoms with van der Waals surface area (Å²) < 4.78 is 60.2. The largest absolute Gasteiger partial charge is 0.475 e. The third-order valence-corrected chi connectivity index (χ3v) is 5.85. The number of ether oxygens (including phenoxy) is 1. The van der Waals surface area contributed by atoms with Crippen molar-refractivity contribution in [2.75, 3.05) is 23.0 Å². The van der Waals surface area contributed by atoms with Crippen LogP contribution >= 0.6 is 0 Å². The molecular weight excluding hydrogens is 506 g/mol. The van der Waals surface area contributed by atoms with E-state index in [1.807, 2.05) is 0 Å². The molecule has 0 spiro atoms. The average Bonchev–Trinajstić information content (AvgIpc) is 3.51. The molecule has 1 atom stereocenters. The first kappa shape index (κ1) is 25.0. The Morgan fingerprint density at radius 1 is 1.18 bits per heavy atom. The number of aliphatic imine (C=N–C) groups is 1. The summed E-state index contributed by atoms with van der Waals surface area (Å²) in [5.41, 5.74) is 7.28. The molecule has 5 rings (SSSR count). The normalized spacial score (nSPS) is 15.3. The molecule has 9 nitrogen and oxygen atoms in total. The third kappa shape index (κ3) is 4.82. The van der Waals surface area contributed by atoms with Crippen LogP contribution in [0.4, 0.5) is 39.5 Å². The minimum Gasteiger partial charge on any atom is -0.475 e. The fraction of sp³-hybridized carbons (Fsp3) is 0.160. The number of nitrogen functional groups attached to an aromatic ring is 1. The van der Waals surface area contributed by atoms with Gasteiger partial charge in [-0.15, -0.1) is 0 Å². The van der Waals surface area contributed by atoms with Crippen LogP contribution in [0.1, 0.15) is 17.5 Å². The highest BCUT2D eigenvalue weighted by atomic mass is 19.4. The molecule has 2 aromatic carbocycles. The fourth-order valence-electron chi connectivity index (χ4n) is 4.00. The predicted molar refractivity (Wildman–Crippen MR) is 133 cm³/mol. The molecule has 0 bridgehead atoms. The van der Waals surface area contributed by atoms with Crippen LogP contribution in [-0.4, -0.2) is 39.2 Å². The van der Waals surface area contributed by atoms with Crippen LogP contribution in [0.5, 0.6) is 0 Å². The topological polar surface area (TPSA) is 119 Å². The molecule has 4 N–H and O–H groups in total. The van der Waals surface area contributed by atoms with Gasteiger partial charge in [0.1, 0.15) is 24.3 Å². The van der Waals surface area contributed by atoms with Crippen LogP contribution in [0.15, 0.2) is 60.0 Å². The number of urea groups is 1. The zero-order valence-corrected chi connectivity index (χ0v) is 19.6. The van der Waals surface area contributed by atoms with E-state index in [0.717, 1.165) is 0 Å². The lowest BCUT2D eigenvalue weighted by molar-refractivity contribution is -0.137. The fourth-order valence-corrected chi connectivity index (χ4v) is 4.00. The van der Waals surface area contributed by atoms with Crippen molar-refractivity contribution in [3.8, 4) is 11.1 Å². The van der Waals surface area contributed by atoms with Gasteiger partial charge < -0.3 is 21.1 Å². The van der Waals surface area contributed by atoms with Gasteiger partial charge in [0.05, 0.1) is 22.9 Å². The molecule has 2 amide bonds. The Morgan fingerprint density at radius 2 is 1.95 bits per heavy atom. The minimum absolute atomic E-state index is 0.0731. The van der Waals surface area contributed by atoms with Crippen molar-refractivity contribution in [2.45, 2.75) is 18.6 Å². The molecule has 1 aliphatic rings. The number of aromatic nitrogens is 3. The van der Waals surface area contributed by atoms with Crippen molar-refractivity contribution < 1.29 is 27.1 Å². The second-order valence-electron chi connectivity index (χ2n) is 8.39. The number of nitrogens with zero attached hydrogens (tertiary/aromatic N) is 4. The summed E-state index contributed by atoms with van der Waals surface area (Å²) in [6.07, 6.45) is -1.06. The van der Waals surface area contributed by atoms with Gasteiger partial charge in [0.15, 0.2) is 5.82 Å². The number of amides is 2. The number of halogens is 4. The number of hydrogen-bond acceptors (Lipinski definition) is 6. The number of alkyl halides is 3. The highest BCUT2D eigenvalue weighted by molar-refractivity contribution is 6.07. The zero-order chi connectivity index (χ0) is 27.0. The lowest BCUT2D eigenvalue weighted by Gasteiger charge is -2.12. The molecule has 1 aliphatic heterocycles. The van der Waals surface area contributed by atoms with E-state index in [1.54, 1.807) is 35.0 Å². The van der Waals surface area contributed by atoms with Crippen LogP contribution in [0.3, 0.4) is 0 Å². The van der Waals surface area contributed by atoms with Crippen LogP contribution in [0.25, 0.3) is 16.6 Å². The second-order valence-corrected chi connectivity index (χ2v) is 8.39. The number of nitrogens with one attached hydrogen (secondary N) is 2. The average molecular weight is 526 g/mol. The number of hydrogen-bond donors (Lipinski definition) is 3. The number of carbonyl (C=O) groups is 1. The van der Waals surface area contributed by atoms with Gasteiger partial charge in [-0.1, -0.05) is 19.1 Å². The summed E-state index contributed by atoms with van der Waals surface area (Å²) in [6.45, 7) is 4.27. The summed E-state index contributed by atoms with van der Waals surface area (Å²) in [6, 6.07) is 7.29. The Morgan fingerprint density at radius 3 is 2.63 bits per heavy atom. The van der Waals surface area contributed by atoms with Gasteiger partial charge in [-0.05, 0) is 42.3 Å². The standard InChI is InChI=1S/C25H20F4N7O2/c1-2-15-11-38-23(33-15)17-10-36-21(22(30)31-12-32-36)20(17)13-3-6-16(7-4-13)34-24(37)35-19-9-14(25(27,28)29)5-8-18(19)26/h3-10,12,15H,1-2,11H2,(H2,30,31,32)(H2,34,35,37). The monoisotopic (exact) mass is 526 g/mol. The number of anilines is 3. The van der Waals surface area contributed by atoms with Crippen LogP contribution in [0, 0.1) is 12.7 Å². The summed E-state index contributed by atoms with van der Waals surface area (Å²) in [5.74, 6) is -0.351. The quantitative estimate of drug-likeness (QED) is 0.311. The summed E-state index contributed by atoms with van der Waals surface area (Å²) in [7, 11) is 0. The Hall–Kier alpha value is -4.68. The van der Waals surface area contributed by atoms with Gasteiger partial charge in [-0.3, -0.25) is 0 Å². The third-order valence-electron chi connectivity index (χ3n) is 5.85. The number of fused-ring (bicyclic) bond motifs is 1. The van der Waals surface area contributed by atoms with Crippen molar-refractivity contribution in [3.63, 3.8) is 0 Å². The van der Waals surface area contributed by atoms with Crippen molar-refractivity contribution in [2.24, 2.45) is 4.99 Å². The maximum Gasteiger partial charge on any atom is 0.416 e. The molecule has 38 heavy (non-hydrogen) atoms. The second kappa shape index (κ2) is 9.65. The number of benzene rings is 2. The van der Waals surface area contributed by atoms with Gasteiger partial charge in [0.25, 0.3) is 0 Å². The molecule has 1 radical (unpaired) electrons. The first-order chi connectivity index (χ1) is 18.1. The lowest BCUT2D eigenvalue weighted by atomic mass is 10.0. The van der Waals surface area contributed by atoms with Crippen LogP contribution < -0.4 is 16.4 Å². The van der Waals surface area contributed by atoms with E-state index in [9.17, 15) is 22.4 Å². The Labute approximate surface area is 213 Å². The maximum atomic E-state index is 14.0. The molecule has 0 saturated heterocycles. The van der Waals surface area contributed by atoms with Crippen LogP contribution in [-0.2, 0) is 10.9 Å². The van der Waals surface area contributed by atoms with Crippen molar-refractivity contribution in [1.29, 1.82) is 0 Å². The van der Waals surface area contributed by atoms with E-state index in [1.165, 1.54) is 6.33 Å². The predicted octanol–water partition coefficient (Wildman–Crippen LogP) is 5.15. The van der Waals surface area contributed by atoms with E-state index < -0.39 is 29.3 Å². The Bertz CT molecular complexity index is 1550. The molecule has 1 unspecified atom stereocenters. The van der Waals surface area contributed by atoms with E-state index in [-0.39, 0.29) is 11.9 Å². The van der Waals surface area contributed by atoms with Gasteiger partial charge in [0, 0.05) is 17.4 Å². The molecule has 3 heterocycles. The Kier molecular flexibility index (Phi) is 6.35. The molecule has 0 saturated carbocycles. The minimum atomic E-state index is -4.68.